The lowest BCUT2D eigenvalue weighted by Gasteiger charge is -2.04. The van der Waals surface area contributed by atoms with E-state index in [4.69, 9.17) is 4.52 Å². The van der Waals surface area contributed by atoms with Gasteiger partial charge in [0.25, 0.3) is 11.8 Å². The first kappa shape index (κ1) is 16.1. The van der Waals surface area contributed by atoms with Crippen molar-refractivity contribution in [3.05, 3.63) is 65.2 Å². The molecule has 0 radical (unpaired) electrons. The van der Waals surface area contributed by atoms with Crippen LogP contribution in [0.1, 0.15) is 15.4 Å². The topological polar surface area (TPSA) is 93.8 Å². The van der Waals surface area contributed by atoms with Crippen molar-refractivity contribution in [3.63, 3.8) is 0 Å². The molecule has 4 rings (SSSR count). The third-order valence-electron chi connectivity index (χ3n) is 3.71. The van der Waals surface area contributed by atoms with Gasteiger partial charge < -0.3 is 9.84 Å². The second kappa shape index (κ2) is 6.85. The summed E-state index contributed by atoms with van der Waals surface area (Å²) in [4.78, 5) is 17.1. The van der Waals surface area contributed by atoms with Crippen LogP contribution in [0.3, 0.4) is 0 Å². The minimum atomic E-state index is -0.227. The Labute approximate surface area is 152 Å². The van der Waals surface area contributed by atoms with Crippen molar-refractivity contribution in [3.8, 4) is 22.8 Å². The van der Waals surface area contributed by atoms with E-state index in [0.29, 0.717) is 28.0 Å². The molecule has 0 spiro atoms. The van der Waals surface area contributed by atoms with Crippen LogP contribution >= 0.6 is 11.5 Å². The molecule has 2 aromatic heterocycles. The quantitative estimate of drug-likeness (QED) is 0.592. The van der Waals surface area contributed by atoms with E-state index in [0.717, 1.165) is 22.7 Å². The van der Waals surface area contributed by atoms with Crippen LogP contribution in [0, 0.1) is 6.92 Å². The van der Waals surface area contributed by atoms with E-state index in [1.807, 2.05) is 42.5 Å². The summed E-state index contributed by atoms with van der Waals surface area (Å²) >= 11 is 1.07. The lowest BCUT2D eigenvalue weighted by Crippen LogP contribution is -2.11. The summed E-state index contributed by atoms with van der Waals surface area (Å²) in [5, 5.41) is 10.7. The van der Waals surface area contributed by atoms with Gasteiger partial charge in [0.05, 0.1) is 5.69 Å². The highest BCUT2D eigenvalue weighted by Crippen LogP contribution is 2.23. The molecule has 0 fully saturated rings. The largest absolute Gasteiger partial charge is 0.334 e. The normalized spacial score (nSPS) is 10.7. The van der Waals surface area contributed by atoms with Gasteiger partial charge in [-0.2, -0.15) is 4.98 Å². The van der Waals surface area contributed by atoms with E-state index < -0.39 is 0 Å². The summed E-state index contributed by atoms with van der Waals surface area (Å²) < 4.78 is 9.11. The zero-order chi connectivity index (χ0) is 17.9. The Morgan fingerprint density at radius 1 is 1.04 bits per heavy atom. The standard InChI is InChI=1S/C18H13N5O2S/c1-11-15(26-23-21-11)17(24)19-14-9-7-13(8-10-14)18-20-16(22-25-18)12-5-3-2-4-6-12/h2-10H,1H3,(H,19,24). The SMILES string of the molecule is Cc1nnsc1C(=O)Nc1ccc(-c2nc(-c3ccccc3)no2)cc1. The van der Waals surface area contributed by atoms with Gasteiger partial charge in [-0.1, -0.05) is 40.0 Å². The van der Waals surface area contributed by atoms with Crippen LogP contribution in [0.4, 0.5) is 5.69 Å². The number of anilines is 1. The van der Waals surface area contributed by atoms with E-state index in [9.17, 15) is 4.79 Å². The molecule has 0 atom stereocenters. The zero-order valence-corrected chi connectivity index (χ0v) is 14.5. The van der Waals surface area contributed by atoms with Gasteiger partial charge in [0.1, 0.15) is 4.88 Å². The van der Waals surface area contributed by atoms with Crippen LogP contribution < -0.4 is 5.32 Å². The van der Waals surface area contributed by atoms with Crippen LogP contribution in [-0.2, 0) is 0 Å². The maximum Gasteiger partial charge on any atom is 0.269 e. The van der Waals surface area contributed by atoms with Crippen LogP contribution in [0.15, 0.2) is 59.1 Å². The van der Waals surface area contributed by atoms with E-state index in [2.05, 4.69) is 25.0 Å². The van der Waals surface area contributed by atoms with Crippen molar-refractivity contribution in [1.29, 1.82) is 0 Å². The van der Waals surface area contributed by atoms with Crippen LogP contribution in [-0.4, -0.2) is 25.6 Å². The number of carbonyl (C=O) groups excluding carboxylic acids is 1. The van der Waals surface area contributed by atoms with E-state index in [1.165, 1.54) is 0 Å². The smallest absolute Gasteiger partial charge is 0.269 e. The average molecular weight is 363 g/mol. The Morgan fingerprint density at radius 3 is 2.50 bits per heavy atom. The third kappa shape index (κ3) is 3.22. The number of aryl methyl sites for hydroxylation is 1. The Kier molecular flexibility index (Phi) is 4.24. The molecule has 7 nitrogen and oxygen atoms in total. The number of hydrogen-bond donors (Lipinski definition) is 1. The number of benzene rings is 2. The molecule has 0 bridgehead atoms. The molecule has 0 saturated carbocycles. The molecule has 4 aromatic rings. The molecule has 1 N–H and O–H groups in total. The molecule has 26 heavy (non-hydrogen) atoms. The fourth-order valence-corrected chi connectivity index (χ4v) is 2.92. The molecule has 128 valence electrons. The molecule has 1 amide bonds. The van der Waals surface area contributed by atoms with Gasteiger partial charge in [-0.3, -0.25) is 4.79 Å². The highest BCUT2D eigenvalue weighted by molar-refractivity contribution is 7.08. The third-order valence-corrected chi connectivity index (χ3v) is 4.53. The number of hydrogen-bond acceptors (Lipinski definition) is 7. The molecular weight excluding hydrogens is 350 g/mol. The van der Waals surface area contributed by atoms with Gasteiger partial charge in [0.2, 0.25) is 5.82 Å². The van der Waals surface area contributed by atoms with Gasteiger partial charge in [-0.15, -0.1) is 5.10 Å². The molecule has 0 aliphatic rings. The molecular formula is C18H13N5O2S. The Hall–Kier alpha value is -3.39. The predicted octanol–water partition coefficient (Wildman–Crippen LogP) is 3.82. The molecule has 0 saturated heterocycles. The monoisotopic (exact) mass is 363 g/mol. The fraction of sp³-hybridized carbons (Fsp3) is 0.0556. The molecule has 0 unspecified atom stereocenters. The summed E-state index contributed by atoms with van der Waals surface area (Å²) in [5.74, 6) is 0.727. The van der Waals surface area contributed by atoms with E-state index >= 15 is 0 Å². The Balaban J connectivity index is 1.51. The van der Waals surface area contributed by atoms with Crippen LogP contribution in [0.2, 0.25) is 0 Å². The number of nitrogens with zero attached hydrogens (tertiary/aromatic N) is 4. The second-order valence-electron chi connectivity index (χ2n) is 5.51. The van der Waals surface area contributed by atoms with Crippen molar-refractivity contribution in [2.45, 2.75) is 6.92 Å². The molecule has 0 aliphatic carbocycles. The fourth-order valence-electron chi connectivity index (χ4n) is 2.37. The number of carbonyl (C=O) groups is 1. The summed E-state index contributed by atoms with van der Waals surface area (Å²) in [5.41, 5.74) is 2.94. The Morgan fingerprint density at radius 2 is 1.81 bits per heavy atom. The number of nitrogens with one attached hydrogen (secondary N) is 1. The number of aromatic nitrogens is 4. The van der Waals surface area contributed by atoms with Crippen molar-refractivity contribution >= 4 is 23.1 Å². The average Bonchev–Trinajstić information content (AvgIpc) is 3.32. The highest BCUT2D eigenvalue weighted by atomic mass is 32.1. The zero-order valence-electron chi connectivity index (χ0n) is 13.7. The van der Waals surface area contributed by atoms with E-state index in [-0.39, 0.29) is 5.91 Å². The van der Waals surface area contributed by atoms with Crippen LogP contribution in [0.25, 0.3) is 22.8 Å². The van der Waals surface area contributed by atoms with Gasteiger partial charge in [-0.25, -0.2) is 0 Å². The van der Waals surface area contributed by atoms with Crippen LogP contribution in [0.5, 0.6) is 0 Å². The van der Waals surface area contributed by atoms with Gasteiger partial charge in [-0.05, 0) is 42.7 Å². The highest BCUT2D eigenvalue weighted by Gasteiger charge is 2.14. The lowest BCUT2D eigenvalue weighted by molar-refractivity contribution is 0.103. The number of amides is 1. The number of rotatable bonds is 4. The van der Waals surface area contributed by atoms with Gasteiger partial charge in [0, 0.05) is 16.8 Å². The first-order valence-corrected chi connectivity index (χ1v) is 8.58. The summed E-state index contributed by atoms with van der Waals surface area (Å²) in [7, 11) is 0. The maximum absolute atomic E-state index is 12.2. The second-order valence-corrected chi connectivity index (χ2v) is 6.26. The predicted molar refractivity (Wildman–Crippen MR) is 97.8 cm³/mol. The molecule has 2 heterocycles. The lowest BCUT2D eigenvalue weighted by atomic mass is 10.2. The van der Waals surface area contributed by atoms with Gasteiger partial charge >= 0.3 is 0 Å². The first-order chi connectivity index (χ1) is 12.7. The minimum Gasteiger partial charge on any atom is -0.334 e. The molecule has 0 aliphatic heterocycles. The van der Waals surface area contributed by atoms with E-state index in [1.54, 1.807) is 19.1 Å². The maximum atomic E-state index is 12.2. The molecule has 8 heteroatoms. The van der Waals surface area contributed by atoms with Gasteiger partial charge in [0.15, 0.2) is 0 Å². The summed E-state index contributed by atoms with van der Waals surface area (Å²) in [6.07, 6.45) is 0. The van der Waals surface area contributed by atoms with Crippen molar-refractivity contribution in [2.75, 3.05) is 5.32 Å². The summed E-state index contributed by atoms with van der Waals surface area (Å²) in [6, 6.07) is 16.8. The first-order valence-electron chi connectivity index (χ1n) is 7.80. The van der Waals surface area contributed by atoms with Crippen molar-refractivity contribution < 1.29 is 9.32 Å². The summed E-state index contributed by atoms with van der Waals surface area (Å²) in [6.45, 7) is 1.75. The van der Waals surface area contributed by atoms with Crippen molar-refractivity contribution in [1.82, 2.24) is 19.7 Å². The minimum absolute atomic E-state index is 0.227. The Bertz CT molecular complexity index is 1040. The molecule has 2 aromatic carbocycles. The van der Waals surface area contributed by atoms with Crippen molar-refractivity contribution in [2.24, 2.45) is 0 Å².